The van der Waals surface area contributed by atoms with E-state index in [1.165, 1.54) is 10.1 Å². The molecular weight excluding hydrogens is 524 g/mol. The maximum atomic E-state index is 12.0. The Morgan fingerprint density at radius 2 is 2.03 bits per heavy atom. The molecule has 0 saturated carbocycles. The second-order valence-electron chi connectivity index (χ2n) is 10.0. The predicted octanol–water partition coefficient (Wildman–Crippen LogP) is 5.29. The molecule has 2 aromatic carbocycles. The van der Waals surface area contributed by atoms with Crippen molar-refractivity contribution < 1.29 is 19.4 Å². The first-order valence-corrected chi connectivity index (χ1v) is 14.5. The fourth-order valence-electron chi connectivity index (χ4n) is 5.25. The zero-order valence-electron chi connectivity index (χ0n) is 21.9. The topological polar surface area (TPSA) is 78.4 Å². The van der Waals surface area contributed by atoms with Gasteiger partial charge in [-0.05, 0) is 60.6 Å². The summed E-state index contributed by atoms with van der Waals surface area (Å²) in [5.41, 5.74) is 2.87. The van der Waals surface area contributed by atoms with E-state index in [2.05, 4.69) is 40.1 Å². The van der Waals surface area contributed by atoms with Crippen LogP contribution in [0.3, 0.4) is 0 Å². The number of ether oxygens (including phenoxy) is 2. The van der Waals surface area contributed by atoms with E-state index >= 15 is 0 Å². The zero-order chi connectivity index (χ0) is 26.6. The molecule has 0 radical (unpaired) electrons. The van der Waals surface area contributed by atoms with E-state index in [-0.39, 0.29) is 12.8 Å². The van der Waals surface area contributed by atoms with Gasteiger partial charge >= 0.3 is 6.16 Å². The number of piperazine rings is 1. The normalized spacial score (nSPS) is 18.6. The van der Waals surface area contributed by atoms with E-state index in [0.717, 1.165) is 74.6 Å². The molecule has 204 valence electrons. The van der Waals surface area contributed by atoms with Gasteiger partial charge in [-0.2, -0.15) is 4.37 Å². The van der Waals surface area contributed by atoms with Crippen molar-refractivity contribution in [3.63, 3.8) is 0 Å². The monoisotopic (exact) mass is 558 g/mol. The van der Waals surface area contributed by atoms with Crippen molar-refractivity contribution in [2.45, 2.75) is 51.9 Å². The molecule has 2 aliphatic heterocycles. The highest BCUT2D eigenvalue weighted by molar-refractivity contribution is 7.13. The molecule has 2 aliphatic rings. The summed E-state index contributed by atoms with van der Waals surface area (Å²) in [5.74, 6) is 1.10. The van der Waals surface area contributed by atoms with Crippen LogP contribution < -0.4 is 9.80 Å². The number of nitrogens with zero attached hydrogens (tertiary/aromatic N) is 4. The Labute approximate surface area is 232 Å². The van der Waals surface area contributed by atoms with E-state index < -0.39 is 12.4 Å². The van der Waals surface area contributed by atoms with Crippen molar-refractivity contribution in [2.24, 2.45) is 0 Å². The van der Waals surface area contributed by atoms with Gasteiger partial charge in [-0.1, -0.05) is 43.1 Å². The first-order valence-electron chi connectivity index (χ1n) is 13.3. The summed E-state index contributed by atoms with van der Waals surface area (Å²) in [6.07, 6.45) is 1.30. The molecule has 2 unspecified atom stereocenters. The van der Waals surface area contributed by atoms with Crippen LogP contribution in [0.1, 0.15) is 37.8 Å². The van der Waals surface area contributed by atoms with Crippen molar-refractivity contribution in [1.82, 2.24) is 9.27 Å². The Hall–Kier alpha value is -2.59. The Morgan fingerprint density at radius 3 is 2.82 bits per heavy atom. The first-order chi connectivity index (χ1) is 18.4. The average Bonchev–Trinajstić information content (AvgIpc) is 3.46. The van der Waals surface area contributed by atoms with E-state index in [9.17, 15) is 9.90 Å². The number of fused-ring (bicyclic) bond motifs is 2. The van der Waals surface area contributed by atoms with Crippen LogP contribution in [-0.4, -0.2) is 72.3 Å². The Bertz CT molecular complexity index is 1260. The molecule has 1 fully saturated rings. The number of hydrogen-bond acceptors (Lipinski definition) is 9. The summed E-state index contributed by atoms with van der Waals surface area (Å²) in [4.78, 5) is 18.5. The summed E-state index contributed by atoms with van der Waals surface area (Å²) >= 11 is 8.24. The molecule has 1 aromatic heterocycles. The highest BCUT2D eigenvalue weighted by Gasteiger charge is 2.30. The van der Waals surface area contributed by atoms with Gasteiger partial charge in [0.1, 0.15) is 18.1 Å². The van der Waals surface area contributed by atoms with Gasteiger partial charge in [-0.15, -0.1) is 0 Å². The number of hydrogen-bond donors (Lipinski definition) is 1. The van der Waals surface area contributed by atoms with Crippen molar-refractivity contribution in [3.8, 4) is 0 Å². The van der Waals surface area contributed by atoms with Crippen molar-refractivity contribution in [1.29, 1.82) is 0 Å². The number of halogens is 1. The lowest BCUT2D eigenvalue weighted by molar-refractivity contribution is 0.0206. The summed E-state index contributed by atoms with van der Waals surface area (Å²) in [5, 5.41) is 12.5. The number of aromatic nitrogens is 1. The molecule has 3 aromatic rings. The Morgan fingerprint density at radius 1 is 1.24 bits per heavy atom. The molecule has 0 amide bonds. The van der Waals surface area contributed by atoms with Gasteiger partial charge in [0.05, 0.1) is 4.70 Å². The zero-order valence-corrected chi connectivity index (χ0v) is 23.5. The lowest BCUT2D eigenvalue weighted by atomic mass is 10.1. The highest BCUT2D eigenvalue weighted by atomic mass is 35.5. The number of anilines is 2. The molecule has 2 atom stereocenters. The second kappa shape index (κ2) is 12.1. The molecule has 0 bridgehead atoms. The van der Waals surface area contributed by atoms with Gasteiger partial charge in [0, 0.05) is 55.2 Å². The average molecular weight is 559 g/mol. The van der Waals surface area contributed by atoms with Crippen LogP contribution in [0.5, 0.6) is 0 Å². The fraction of sp³-hybridized carbons (Fsp3) is 0.500. The molecule has 8 nitrogen and oxygen atoms in total. The molecule has 10 heteroatoms. The lowest BCUT2D eigenvalue weighted by Gasteiger charge is -2.35. The quantitative estimate of drug-likeness (QED) is 0.355. The number of rotatable bonds is 9. The predicted molar refractivity (Wildman–Crippen MR) is 152 cm³/mol. The van der Waals surface area contributed by atoms with E-state index in [1.807, 2.05) is 19.9 Å². The van der Waals surface area contributed by atoms with Crippen LogP contribution in [0.15, 0.2) is 36.4 Å². The minimum Gasteiger partial charge on any atom is -0.431 e. The molecule has 0 aliphatic carbocycles. The third kappa shape index (κ3) is 6.01. The number of aliphatic hydroxyl groups is 1. The molecule has 3 heterocycles. The van der Waals surface area contributed by atoms with Crippen molar-refractivity contribution in [3.05, 3.63) is 52.5 Å². The minimum absolute atomic E-state index is 0.0833. The van der Waals surface area contributed by atoms with Crippen LogP contribution in [0, 0.1) is 0 Å². The lowest BCUT2D eigenvalue weighted by Crippen LogP contribution is -2.47. The largest absolute Gasteiger partial charge is 0.510 e. The molecule has 5 rings (SSSR count). The van der Waals surface area contributed by atoms with E-state index in [1.54, 1.807) is 16.4 Å². The van der Waals surface area contributed by atoms with Gasteiger partial charge in [-0.25, -0.2) is 4.79 Å². The summed E-state index contributed by atoms with van der Waals surface area (Å²) in [6, 6.07) is 12.4. The SMILES string of the molecule is CCCC(C)OC(=O)OCN1c2cc(Cl)c(CCN3CCN(c4nsc5ccccc45)CC3)cc2CC1O. The van der Waals surface area contributed by atoms with Crippen LogP contribution in [0.2, 0.25) is 5.02 Å². The Balaban J connectivity index is 1.14. The number of carbonyl (C=O) groups is 1. The molecule has 1 saturated heterocycles. The molecular formula is C28H35ClN4O4S. The van der Waals surface area contributed by atoms with Gasteiger partial charge in [0.15, 0.2) is 6.73 Å². The summed E-state index contributed by atoms with van der Waals surface area (Å²) < 4.78 is 16.5. The summed E-state index contributed by atoms with van der Waals surface area (Å²) in [6.45, 7) is 8.57. The number of aliphatic hydroxyl groups excluding tert-OH is 1. The fourth-order valence-corrected chi connectivity index (χ4v) is 6.30. The summed E-state index contributed by atoms with van der Waals surface area (Å²) in [7, 11) is 0. The molecule has 1 N–H and O–H groups in total. The maximum Gasteiger partial charge on any atom is 0.510 e. The first kappa shape index (κ1) is 27.0. The van der Waals surface area contributed by atoms with Crippen molar-refractivity contribution >= 4 is 50.9 Å². The van der Waals surface area contributed by atoms with Gasteiger partial charge in [0.25, 0.3) is 0 Å². The number of carbonyl (C=O) groups excluding carboxylic acids is 1. The van der Waals surface area contributed by atoms with Gasteiger partial charge in [0.2, 0.25) is 0 Å². The van der Waals surface area contributed by atoms with Crippen LogP contribution >= 0.6 is 23.1 Å². The minimum atomic E-state index is -0.771. The molecule has 38 heavy (non-hydrogen) atoms. The van der Waals surface area contributed by atoms with E-state index in [4.69, 9.17) is 25.4 Å². The molecule has 0 spiro atoms. The Kier molecular flexibility index (Phi) is 8.57. The van der Waals surface area contributed by atoms with Crippen molar-refractivity contribution in [2.75, 3.05) is 49.3 Å². The maximum absolute atomic E-state index is 12.0. The number of benzene rings is 2. The smallest absolute Gasteiger partial charge is 0.431 e. The van der Waals surface area contributed by atoms with Crippen LogP contribution in [0.4, 0.5) is 16.3 Å². The second-order valence-corrected chi connectivity index (χ2v) is 11.3. The van der Waals surface area contributed by atoms with Gasteiger partial charge in [-0.3, -0.25) is 4.90 Å². The van der Waals surface area contributed by atoms with E-state index in [0.29, 0.717) is 11.4 Å². The van der Waals surface area contributed by atoms with Gasteiger partial charge < -0.3 is 24.4 Å². The third-order valence-corrected chi connectivity index (χ3v) is 8.53. The highest BCUT2D eigenvalue weighted by Crippen LogP contribution is 2.36. The standard InChI is InChI=1S/C28H35ClN4O4S/c1-3-6-19(2)37-28(35)36-18-33-24-17-23(29)20(15-21(24)16-26(33)34)9-10-31-11-13-32(14-12-31)27-22-7-4-5-8-25(22)38-30-27/h4-5,7-8,15,17,19,26,34H,3,6,9-14,16,18H2,1-2H3. The third-order valence-electron chi connectivity index (χ3n) is 7.36. The van der Waals surface area contributed by atoms with Crippen LogP contribution in [-0.2, 0) is 22.3 Å². The van der Waals surface area contributed by atoms with Crippen LogP contribution in [0.25, 0.3) is 10.1 Å².